The Morgan fingerprint density at radius 3 is 2.83 bits per heavy atom. The van der Waals surface area contributed by atoms with Gasteiger partial charge < -0.3 is 10.6 Å². The van der Waals surface area contributed by atoms with Crippen molar-refractivity contribution in [1.29, 1.82) is 0 Å². The highest BCUT2D eigenvalue weighted by molar-refractivity contribution is 5.84. The average Bonchev–Trinajstić information content (AvgIpc) is 2.38. The van der Waals surface area contributed by atoms with Crippen LogP contribution in [0.5, 0.6) is 0 Å². The number of nitrogens with one attached hydrogen (secondary N) is 2. The molecular formula is C15H22N2O. The number of para-hydroxylation sites is 1. The highest BCUT2D eigenvalue weighted by atomic mass is 16.2. The molecule has 1 amide bonds. The first-order chi connectivity index (χ1) is 8.69. The number of hydrogen-bond donors (Lipinski definition) is 2. The molecule has 2 N–H and O–H groups in total. The van der Waals surface area contributed by atoms with E-state index < -0.39 is 0 Å². The lowest BCUT2D eigenvalue weighted by Gasteiger charge is -2.17. The van der Waals surface area contributed by atoms with Crippen LogP contribution in [0, 0.1) is 0 Å². The van der Waals surface area contributed by atoms with Crippen LogP contribution in [-0.2, 0) is 11.2 Å². The van der Waals surface area contributed by atoms with Gasteiger partial charge in [-0.2, -0.15) is 0 Å². The first-order valence-electron chi connectivity index (χ1n) is 6.42. The molecule has 1 rings (SSSR count). The first-order valence-corrected chi connectivity index (χ1v) is 6.42. The minimum Gasteiger partial charge on any atom is -0.374 e. The maximum absolute atomic E-state index is 11.8. The number of hydrogen-bond acceptors (Lipinski definition) is 2. The van der Waals surface area contributed by atoms with Crippen LogP contribution in [0.3, 0.4) is 0 Å². The molecule has 18 heavy (non-hydrogen) atoms. The Labute approximate surface area is 109 Å². The van der Waals surface area contributed by atoms with E-state index in [1.807, 2.05) is 25.1 Å². The van der Waals surface area contributed by atoms with Crippen LogP contribution >= 0.6 is 0 Å². The van der Waals surface area contributed by atoms with Crippen molar-refractivity contribution in [1.82, 2.24) is 5.32 Å². The maximum Gasteiger partial charge on any atom is 0.242 e. The van der Waals surface area contributed by atoms with E-state index >= 15 is 0 Å². The normalized spacial score (nSPS) is 11.7. The average molecular weight is 246 g/mol. The Balaban J connectivity index is 2.65. The van der Waals surface area contributed by atoms with Crippen LogP contribution in [0.4, 0.5) is 5.69 Å². The lowest BCUT2D eigenvalue weighted by molar-refractivity contribution is -0.121. The second kappa shape index (κ2) is 7.54. The molecular weight excluding hydrogens is 224 g/mol. The van der Waals surface area contributed by atoms with Gasteiger partial charge >= 0.3 is 0 Å². The lowest BCUT2D eigenvalue weighted by atomic mass is 10.1. The molecule has 1 aromatic rings. The highest BCUT2D eigenvalue weighted by Gasteiger charge is 2.12. The molecule has 0 aliphatic heterocycles. The van der Waals surface area contributed by atoms with Gasteiger partial charge in [-0.15, -0.1) is 6.58 Å². The molecule has 0 aliphatic rings. The summed E-state index contributed by atoms with van der Waals surface area (Å²) in [5.74, 6) is -0.0128. The van der Waals surface area contributed by atoms with Gasteiger partial charge in [-0.25, -0.2) is 0 Å². The minimum atomic E-state index is -0.247. The number of carbonyl (C=O) groups is 1. The molecule has 3 nitrogen and oxygen atoms in total. The van der Waals surface area contributed by atoms with Crippen LogP contribution < -0.4 is 10.6 Å². The molecule has 1 atom stereocenters. The molecule has 0 aromatic heterocycles. The predicted molar refractivity (Wildman–Crippen MR) is 76.7 cm³/mol. The molecule has 0 aliphatic carbocycles. The van der Waals surface area contributed by atoms with E-state index in [2.05, 4.69) is 30.2 Å². The molecule has 98 valence electrons. The Bertz CT molecular complexity index is 401. The Hall–Kier alpha value is -1.77. The molecule has 1 aromatic carbocycles. The maximum atomic E-state index is 11.8. The Morgan fingerprint density at radius 2 is 2.17 bits per heavy atom. The summed E-state index contributed by atoms with van der Waals surface area (Å²) in [7, 11) is 0. The SMILES string of the molecule is C=CCNC(=O)C(C)Nc1ccccc1CCC. The van der Waals surface area contributed by atoms with Crippen molar-refractivity contribution in [2.24, 2.45) is 0 Å². The van der Waals surface area contributed by atoms with Crippen LogP contribution in [0.15, 0.2) is 36.9 Å². The summed E-state index contributed by atoms with van der Waals surface area (Å²) in [6, 6.07) is 7.87. The van der Waals surface area contributed by atoms with Gasteiger partial charge in [0.15, 0.2) is 0 Å². The number of carbonyl (C=O) groups excluding carboxylic acids is 1. The summed E-state index contributed by atoms with van der Waals surface area (Å²) in [4.78, 5) is 11.8. The van der Waals surface area contributed by atoms with Crippen LogP contribution in [-0.4, -0.2) is 18.5 Å². The molecule has 1 unspecified atom stereocenters. The van der Waals surface area contributed by atoms with Gasteiger partial charge in [-0.1, -0.05) is 37.6 Å². The van der Waals surface area contributed by atoms with Crippen molar-refractivity contribution in [3.8, 4) is 0 Å². The van der Waals surface area contributed by atoms with Gasteiger partial charge in [-0.05, 0) is 25.0 Å². The highest BCUT2D eigenvalue weighted by Crippen LogP contribution is 2.17. The van der Waals surface area contributed by atoms with Gasteiger partial charge in [0.2, 0.25) is 5.91 Å². The number of benzene rings is 1. The zero-order valence-corrected chi connectivity index (χ0v) is 11.2. The second-order valence-corrected chi connectivity index (χ2v) is 4.31. The summed E-state index contributed by atoms with van der Waals surface area (Å²) in [6.07, 6.45) is 3.79. The van der Waals surface area contributed by atoms with Crippen molar-refractivity contribution >= 4 is 11.6 Å². The predicted octanol–water partition coefficient (Wildman–Crippen LogP) is 2.74. The van der Waals surface area contributed by atoms with E-state index in [4.69, 9.17) is 0 Å². The summed E-state index contributed by atoms with van der Waals surface area (Å²) in [5, 5.41) is 6.04. The van der Waals surface area contributed by atoms with Gasteiger partial charge in [0.1, 0.15) is 6.04 Å². The molecule has 0 saturated heterocycles. The van der Waals surface area contributed by atoms with Crippen molar-refractivity contribution in [3.63, 3.8) is 0 Å². The van der Waals surface area contributed by atoms with Crippen molar-refractivity contribution in [2.75, 3.05) is 11.9 Å². The van der Waals surface area contributed by atoms with E-state index in [1.165, 1.54) is 5.56 Å². The van der Waals surface area contributed by atoms with Gasteiger partial charge in [-0.3, -0.25) is 4.79 Å². The Morgan fingerprint density at radius 1 is 1.44 bits per heavy atom. The minimum absolute atomic E-state index is 0.0128. The van der Waals surface area contributed by atoms with Crippen molar-refractivity contribution in [2.45, 2.75) is 32.7 Å². The van der Waals surface area contributed by atoms with E-state index in [0.29, 0.717) is 6.54 Å². The summed E-state index contributed by atoms with van der Waals surface area (Å²) < 4.78 is 0. The number of aryl methyl sites for hydroxylation is 1. The number of anilines is 1. The largest absolute Gasteiger partial charge is 0.374 e. The quantitative estimate of drug-likeness (QED) is 0.726. The zero-order valence-electron chi connectivity index (χ0n) is 11.2. The summed E-state index contributed by atoms with van der Waals surface area (Å²) in [6.45, 7) is 8.09. The number of rotatable bonds is 7. The Kier molecular flexibility index (Phi) is 5.98. The third-order valence-corrected chi connectivity index (χ3v) is 2.72. The van der Waals surface area contributed by atoms with Gasteiger partial charge in [0.25, 0.3) is 0 Å². The molecule has 3 heteroatoms. The third-order valence-electron chi connectivity index (χ3n) is 2.72. The molecule has 0 spiro atoms. The molecule has 0 heterocycles. The fourth-order valence-corrected chi connectivity index (χ4v) is 1.77. The lowest BCUT2D eigenvalue weighted by Crippen LogP contribution is -2.37. The van der Waals surface area contributed by atoms with Crippen LogP contribution in [0.2, 0.25) is 0 Å². The van der Waals surface area contributed by atoms with E-state index in [9.17, 15) is 4.79 Å². The summed E-state index contributed by atoms with van der Waals surface area (Å²) >= 11 is 0. The third kappa shape index (κ3) is 4.24. The second-order valence-electron chi connectivity index (χ2n) is 4.31. The van der Waals surface area contributed by atoms with Crippen molar-refractivity contribution in [3.05, 3.63) is 42.5 Å². The number of amides is 1. The van der Waals surface area contributed by atoms with E-state index in [0.717, 1.165) is 18.5 Å². The molecule has 0 fully saturated rings. The fraction of sp³-hybridized carbons (Fsp3) is 0.400. The van der Waals surface area contributed by atoms with Crippen molar-refractivity contribution < 1.29 is 4.79 Å². The smallest absolute Gasteiger partial charge is 0.242 e. The monoisotopic (exact) mass is 246 g/mol. The van der Waals surface area contributed by atoms with Gasteiger partial charge in [0.05, 0.1) is 0 Å². The molecule has 0 bridgehead atoms. The van der Waals surface area contributed by atoms with Crippen LogP contribution in [0.1, 0.15) is 25.8 Å². The molecule has 0 saturated carbocycles. The fourth-order valence-electron chi connectivity index (χ4n) is 1.77. The van der Waals surface area contributed by atoms with Gasteiger partial charge in [0, 0.05) is 12.2 Å². The van der Waals surface area contributed by atoms with Crippen LogP contribution in [0.25, 0.3) is 0 Å². The summed E-state index contributed by atoms with van der Waals surface area (Å²) in [5.41, 5.74) is 2.30. The van der Waals surface area contributed by atoms with E-state index in [-0.39, 0.29) is 11.9 Å². The topological polar surface area (TPSA) is 41.1 Å². The zero-order chi connectivity index (χ0) is 13.4. The van der Waals surface area contributed by atoms with E-state index in [1.54, 1.807) is 6.08 Å². The molecule has 0 radical (unpaired) electrons. The first kappa shape index (κ1) is 14.3. The standard InChI is InChI=1S/C15H22N2O/c1-4-8-13-9-6-7-10-14(13)17-12(3)15(18)16-11-5-2/h5-7,9-10,12,17H,2,4,8,11H2,1,3H3,(H,16,18).